The van der Waals surface area contributed by atoms with Gasteiger partial charge in [-0.1, -0.05) is 48.5 Å². The molecule has 9 heteroatoms. The lowest BCUT2D eigenvalue weighted by molar-refractivity contribution is -0.115. The van der Waals surface area contributed by atoms with Crippen LogP contribution in [-0.4, -0.2) is 37.1 Å². The van der Waals surface area contributed by atoms with Crippen molar-refractivity contribution >= 4 is 40.9 Å². The topological polar surface area (TPSA) is 114 Å². The van der Waals surface area contributed by atoms with Gasteiger partial charge in [0.15, 0.2) is 0 Å². The number of carboxylic acids is 1. The lowest BCUT2D eigenvalue weighted by atomic mass is 10.1. The molecular formula is C30H26N2O6S. The highest BCUT2D eigenvalue weighted by Crippen LogP contribution is 2.37. The largest absolute Gasteiger partial charge is 0.496 e. The Morgan fingerprint density at radius 1 is 0.744 bits per heavy atom. The van der Waals surface area contributed by atoms with Gasteiger partial charge in [0.2, 0.25) is 5.91 Å². The summed E-state index contributed by atoms with van der Waals surface area (Å²) in [5.74, 6) is -1.04. The molecule has 198 valence electrons. The molecule has 2 amide bonds. The van der Waals surface area contributed by atoms with Crippen LogP contribution in [0.2, 0.25) is 0 Å². The van der Waals surface area contributed by atoms with Gasteiger partial charge in [0.25, 0.3) is 5.91 Å². The van der Waals surface area contributed by atoms with E-state index < -0.39 is 17.1 Å². The van der Waals surface area contributed by atoms with Gasteiger partial charge < -0.3 is 25.2 Å². The number of benzene rings is 4. The molecular weight excluding hydrogens is 516 g/mol. The normalized spacial score (nSPS) is 11.2. The first kappa shape index (κ1) is 27.3. The van der Waals surface area contributed by atoms with Crippen molar-refractivity contribution in [3.05, 3.63) is 114 Å². The van der Waals surface area contributed by atoms with Crippen molar-refractivity contribution < 1.29 is 29.0 Å². The van der Waals surface area contributed by atoms with E-state index in [2.05, 4.69) is 10.6 Å². The maximum absolute atomic E-state index is 13.4. The smallest absolute Gasteiger partial charge is 0.335 e. The third kappa shape index (κ3) is 6.77. The van der Waals surface area contributed by atoms with E-state index in [-0.39, 0.29) is 17.0 Å². The molecule has 0 radical (unpaired) electrons. The van der Waals surface area contributed by atoms with Gasteiger partial charge in [-0.2, -0.15) is 0 Å². The maximum atomic E-state index is 13.4. The minimum absolute atomic E-state index is 0.0758. The number of carbonyl (C=O) groups excluding carboxylic acids is 2. The number of carboxylic acid groups (broad SMARTS) is 1. The van der Waals surface area contributed by atoms with E-state index in [9.17, 15) is 19.5 Å². The van der Waals surface area contributed by atoms with Crippen LogP contribution in [0.5, 0.6) is 11.5 Å². The molecule has 4 aromatic rings. The van der Waals surface area contributed by atoms with Crippen molar-refractivity contribution in [3.8, 4) is 11.5 Å². The van der Waals surface area contributed by atoms with Crippen LogP contribution in [-0.2, 0) is 4.79 Å². The van der Waals surface area contributed by atoms with Crippen LogP contribution < -0.4 is 20.1 Å². The Morgan fingerprint density at radius 2 is 1.36 bits per heavy atom. The summed E-state index contributed by atoms with van der Waals surface area (Å²) in [6, 6.07) is 27.6. The van der Waals surface area contributed by atoms with Gasteiger partial charge in [-0.3, -0.25) is 9.59 Å². The second-order valence-electron chi connectivity index (χ2n) is 8.30. The molecule has 4 aromatic carbocycles. The van der Waals surface area contributed by atoms with Crippen molar-refractivity contribution in [2.75, 3.05) is 24.9 Å². The van der Waals surface area contributed by atoms with Crippen LogP contribution in [0.4, 0.5) is 11.4 Å². The SMILES string of the molecule is COc1cccc(OC)c1C(=O)Nc1cccc(SC(C(=O)Nc2cccc(C(=O)O)c2)c2ccccc2)c1. The molecule has 0 aliphatic heterocycles. The van der Waals surface area contributed by atoms with E-state index in [1.165, 1.54) is 38.1 Å². The molecule has 1 atom stereocenters. The zero-order valence-electron chi connectivity index (χ0n) is 21.2. The number of methoxy groups -OCH3 is 2. The quantitative estimate of drug-likeness (QED) is 0.207. The lowest BCUT2D eigenvalue weighted by Gasteiger charge is -2.18. The zero-order valence-corrected chi connectivity index (χ0v) is 22.0. The molecule has 1 unspecified atom stereocenters. The molecule has 39 heavy (non-hydrogen) atoms. The van der Waals surface area contributed by atoms with Gasteiger partial charge in [0.1, 0.15) is 22.3 Å². The van der Waals surface area contributed by atoms with E-state index in [1.807, 2.05) is 36.4 Å². The van der Waals surface area contributed by atoms with Crippen LogP contribution in [0.1, 0.15) is 31.5 Å². The molecule has 0 heterocycles. The van der Waals surface area contributed by atoms with Crippen LogP contribution in [0.15, 0.2) is 102 Å². The van der Waals surface area contributed by atoms with E-state index in [0.717, 1.165) is 10.5 Å². The molecule has 8 nitrogen and oxygen atoms in total. The summed E-state index contributed by atoms with van der Waals surface area (Å²) in [4.78, 5) is 38.6. The number of hydrogen-bond acceptors (Lipinski definition) is 6. The highest BCUT2D eigenvalue weighted by molar-refractivity contribution is 8.00. The molecule has 0 aliphatic carbocycles. The van der Waals surface area contributed by atoms with Crippen molar-refractivity contribution in [1.82, 2.24) is 0 Å². The van der Waals surface area contributed by atoms with Gasteiger partial charge in [-0.25, -0.2) is 4.79 Å². The van der Waals surface area contributed by atoms with Gasteiger partial charge in [-0.05, 0) is 54.1 Å². The Hall–Kier alpha value is -4.76. The van der Waals surface area contributed by atoms with Crippen molar-refractivity contribution in [1.29, 1.82) is 0 Å². The second-order valence-corrected chi connectivity index (χ2v) is 9.48. The van der Waals surface area contributed by atoms with E-state index in [1.54, 1.807) is 48.5 Å². The van der Waals surface area contributed by atoms with Gasteiger partial charge in [0, 0.05) is 16.3 Å². The number of ether oxygens (including phenoxy) is 2. The minimum Gasteiger partial charge on any atom is -0.496 e. The van der Waals surface area contributed by atoms with E-state index in [0.29, 0.717) is 22.9 Å². The molecule has 0 bridgehead atoms. The van der Waals surface area contributed by atoms with Crippen LogP contribution in [0.25, 0.3) is 0 Å². The fourth-order valence-electron chi connectivity index (χ4n) is 3.89. The average molecular weight is 543 g/mol. The number of nitrogens with one attached hydrogen (secondary N) is 2. The van der Waals surface area contributed by atoms with Crippen molar-refractivity contribution in [2.45, 2.75) is 10.1 Å². The average Bonchev–Trinajstić information content (AvgIpc) is 2.96. The van der Waals surface area contributed by atoms with Crippen molar-refractivity contribution in [2.24, 2.45) is 0 Å². The predicted octanol–water partition coefficient (Wildman–Crippen LogP) is 6.13. The van der Waals surface area contributed by atoms with Gasteiger partial charge >= 0.3 is 5.97 Å². The maximum Gasteiger partial charge on any atom is 0.335 e. The first-order valence-corrected chi connectivity index (χ1v) is 12.8. The number of amides is 2. The summed E-state index contributed by atoms with van der Waals surface area (Å²) < 4.78 is 10.7. The fourth-order valence-corrected chi connectivity index (χ4v) is 4.97. The highest BCUT2D eigenvalue weighted by atomic mass is 32.2. The number of hydrogen-bond donors (Lipinski definition) is 3. The van der Waals surface area contributed by atoms with E-state index >= 15 is 0 Å². The second kappa shape index (κ2) is 12.7. The number of rotatable bonds is 10. The third-order valence-electron chi connectivity index (χ3n) is 5.72. The summed E-state index contributed by atoms with van der Waals surface area (Å²) in [5, 5.41) is 14.3. The molecule has 0 spiro atoms. The monoisotopic (exact) mass is 542 g/mol. The van der Waals surface area contributed by atoms with Crippen LogP contribution in [0.3, 0.4) is 0 Å². The molecule has 0 aromatic heterocycles. The summed E-state index contributed by atoms with van der Waals surface area (Å²) in [7, 11) is 2.96. The van der Waals surface area contributed by atoms with E-state index in [4.69, 9.17) is 9.47 Å². The number of anilines is 2. The molecule has 0 fully saturated rings. The summed E-state index contributed by atoms with van der Waals surface area (Å²) in [6.07, 6.45) is 0. The molecule has 0 saturated heterocycles. The number of carbonyl (C=O) groups is 3. The molecule has 0 saturated carbocycles. The van der Waals surface area contributed by atoms with Gasteiger partial charge in [0.05, 0.1) is 19.8 Å². The molecule has 0 aliphatic rings. The third-order valence-corrected chi connectivity index (χ3v) is 6.97. The summed E-state index contributed by atoms with van der Waals surface area (Å²) >= 11 is 1.30. The highest BCUT2D eigenvalue weighted by Gasteiger charge is 2.23. The first-order valence-electron chi connectivity index (χ1n) is 11.9. The number of aromatic carboxylic acids is 1. The Morgan fingerprint density at radius 3 is 2.00 bits per heavy atom. The zero-order chi connectivity index (χ0) is 27.8. The Kier molecular flexibility index (Phi) is 8.86. The Balaban J connectivity index is 1.57. The van der Waals surface area contributed by atoms with Crippen LogP contribution in [0, 0.1) is 0 Å². The predicted molar refractivity (Wildman–Crippen MR) is 151 cm³/mol. The summed E-state index contributed by atoms with van der Waals surface area (Å²) in [5.41, 5.74) is 2.02. The fraction of sp³-hybridized carbons (Fsp3) is 0.100. The Labute approximate surface area is 230 Å². The standard InChI is InChI=1S/C30H26N2O6S/c1-37-24-15-8-16-25(38-2)26(24)28(33)31-22-13-7-14-23(18-22)39-27(19-9-4-3-5-10-19)29(34)32-21-12-6-11-20(17-21)30(35)36/h3-18,27H,1-2H3,(H,31,33)(H,32,34)(H,35,36). The van der Waals surface area contributed by atoms with Crippen LogP contribution >= 0.6 is 11.8 Å². The minimum atomic E-state index is -1.08. The Bertz CT molecular complexity index is 1470. The molecule has 4 rings (SSSR count). The number of thioether (sulfide) groups is 1. The summed E-state index contributed by atoms with van der Waals surface area (Å²) in [6.45, 7) is 0. The molecule has 3 N–H and O–H groups in total. The van der Waals surface area contributed by atoms with Gasteiger partial charge in [-0.15, -0.1) is 11.8 Å². The first-order chi connectivity index (χ1) is 18.9. The van der Waals surface area contributed by atoms with Crippen molar-refractivity contribution in [3.63, 3.8) is 0 Å². The lowest BCUT2D eigenvalue weighted by Crippen LogP contribution is -2.19.